The fraction of sp³-hybridized carbons (Fsp3) is 0.304. The van der Waals surface area contributed by atoms with E-state index < -0.39 is 0 Å². The number of carbonyl (C=O) groups is 1. The Bertz CT molecular complexity index is 1180. The molecule has 0 saturated carbocycles. The Morgan fingerprint density at radius 2 is 1.97 bits per heavy atom. The molecule has 158 valence electrons. The fourth-order valence-corrected chi connectivity index (χ4v) is 5.07. The van der Waals surface area contributed by atoms with Crippen molar-refractivity contribution in [1.29, 1.82) is 0 Å². The van der Waals surface area contributed by atoms with Crippen LogP contribution in [0, 0.1) is 6.92 Å². The normalized spacial score (nSPS) is 15.4. The number of benzene rings is 2. The molecule has 5 rings (SSSR count). The van der Waals surface area contributed by atoms with E-state index in [1.807, 2.05) is 28.9 Å². The van der Waals surface area contributed by atoms with Crippen LogP contribution in [0.15, 0.2) is 55.1 Å². The predicted octanol–water partition coefficient (Wildman–Crippen LogP) is 4.14. The SMILES string of the molecule is Cc1ccc2nc(-c3ccc(NC(=O)CN4CCC(n5cncn5)CC4)cc3)sc2c1. The summed E-state index contributed by atoms with van der Waals surface area (Å²) in [6, 6.07) is 14.6. The fourth-order valence-electron chi connectivity index (χ4n) is 4.00. The number of anilines is 1. The molecule has 3 heterocycles. The summed E-state index contributed by atoms with van der Waals surface area (Å²) < 4.78 is 3.12. The monoisotopic (exact) mass is 432 g/mol. The molecule has 0 spiro atoms. The molecule has 1 aliphatic heterocycles. The van der Waals surface area contributed by atoms with Crippen LogP contribution in [-0.4, -0.2) is 50.2 Å². The highest BCUT2D eigenvalue weighted by molar-refractivity contribution is 7.21. The van der Waals surface area contributed by atoms with Crippen molar-refractivity contribution in [1.82, 2.24) is 24.6 Å². The number of piperidine rings is 1. The molecule has 1 saturated heterocycles. The molecule has 1 aliphatic rings. The Morgan fingerprint density at radius 1 is 1.16 bits per heavy atom. The number of carbonyl (C=O) groups excluding carboxylic acids is 1. The molecule has 0 atom stereocenters. The number of aryl methyl sites for hydroxylation is 1. The van der Waals surface area contributed by atoms with Gasteiger partial charge >= 0.3 is 0 Å². The quantitative estimate of drug-likeness (QED) is 0.513. The van der Waals surface area contributed by atoms with Crippen LogP contribution in [0.5, 0.6) is 0 Å². The number of likely N-dealkylation sites (tertiary alicyclic amines) is 1. The molecule has 1 fully saturated rings. The summed E-state index contributed by atoms with van der Waals surface area (Å²) in [5.41, 5.74) is 4.13. The lowest BCUT2D eigenvalue weighted by atomic mass is 10.1. The Morgan fingerprint density at radius 3 is 2.71 bits per heavy atom. The molecular formula is C23H24N6OS. The van der Waals surface area contributed by atoms with Gasteiger partial charge in [-0.2, -0.15) is 5.10 Å². The maximum absolute atomic E-state index is 12.5. The second kappa shape index (κ2) is 8.56. The molecule has 4 aromatic rings. The Kier molecular flexibility index (Phi) is 5.48. The summed E-state index contributed by atoms with van der Waals surface area (Å²) in [5, 5.41) is 8.24. The smallest absolute Gasteiger partial charge is 0.238 e. The summed E-state index contributed by atoms with van der Waals surface area (Å²) in [6.07, 6.45) is 5.30. The van der Waals surface area contributed by atoms with E-state index in [0.717, 1.165) is 47.7 Å². The molecule has 0 radical (unpaired) electrons. The first-order valence-corrected chi connectivity index (χ1v) is 11.3. The first kappa shape index (κ1) is 19.8. The van der Waals surface area contributed by atoms with Crippen molar-refractivity contribution in [2.45, 2.75) is 25.8 Å². The molecule has 1 amide bonds. The summed E-state index contributed by atoms with van der Waals surface area (Å²) in [7, 11) is 0. The van der Waals surface area contributed by atoms with Crippen molar-refractivity contribution in [3.8, 4) is 10.6 Å². The maximum Gasteiger partial charge on any atom is 0.238 e. The number of hydrogen-bond acceptors (Lipinski definition) is 6. The van der Waals surface area contributed by atoms with Crippen LogP contribution in [0.4, 0.5) is 5.69 Å². The first-order chi connectivity index (χ1) is 15.1. The van der Waals surface area contributed by atoms with E-state index in [1.165, 1.54) is 10.3 Å². The van der Waals surface area contributed by atoms with Crippen molar-refractivity contribution in [3.05, 3.63) is 60.7 Å². The van der Waals surface area contributed by atoms with Gasteiger partial charge in [0.25, 0.3) is 0 Å². The topological polar surface area (TPSA) is 75.9 Å². The zero-order valence-electron chi connectivity index (χ0n) is 17.4. The molecule has 2 aromatic carbocycles. The van der Waals surface area contributed by atoms with Crippen LogP contribution >= 0.6 is 11.3 Å². The minimum atomic E-state index is 0.0161. The van der Waals surface area contributed by atoms with E-state index in [1.54, 1.807) is 24.0 Å². The van der Waals surface area contributed by atoms with E-state index in [9.17, 15) is 4.79 Å². The Labute approximate surface area is 184 Å². The van der Waals surface area contributed by atoms with Gasteiger partial charge in [-0.05, 0) is 61.7 Å². The number of thiazole rings is 1. The van der Waals surface area contributed by atoms with Crippen molar-refractivity contribution in [2.24, 2.45) is 0 Å². The number of nitrogens with one attached hydrogen (secondary N) is 1. The number of nitrogens with zero attached hydrogens (tertiary/aromatic N) is 5. The van der Waals surface area contributed by atoms with Gasteiger partial charge in [0.2, 0.25) is 5.91 Å². The predicted molar refractivity (Wildman–Crippen MR) is 123 cm³/mol. The lowest BCUT2D eigenvalue weighted by molar-refractivity contribution is -0.117. The summed E-state index contributed by atoms with van der Waals surface area (Å²) in [4.78, 5) is 23.5. The van der Waals surface area contributed by atoms with Crippen LogP contribution < -0.4 is 5.32 Å². The molecule has 0 aliphatic carbocycles. The molecule has 2 aromatic heterocycles. The van der Waals surface area contributed by atoms with Crippen molar-refractivity contribution >= 4 is 33.1 Å². The van der Waals surface area contributed by atoms with Gasteiger partial charge in [0, 0.05) is 24.3 Å². The lowest BCUT2D eigenvalue weighted by Crippen LogP contribution is -2.39. The number of amides is 1. The Balaban J connectivity index is 1.16. The van der Waals surface area contributed by atoms with Gasteiger partial charge in [0.15, 0.2) is 0 Å². The molecular weight excluding hydrogens is 408 g/mol. The average molecular weight is 433 g/mol. The van der Waals surface area contributed by atoms with Gasteiger partial charge in [-0.1, -0.05) is 6.07 Å². The summed E-state index contributed by atoms with van der Waals surface area (Å²) in [5.74, 6) is 0.0161. The van der Waals surface area contributed by atoms with Gasteiger partial charge in [0.05, 0.1) is 22.8 Å². The van der Waals surface area contributed by atoms with Gasteiger partial charge in [-0.25, -0.2) is 14.6 Å². The van der Waals surface area contributed by atoms with Gasteiger partial charge in [-0.15, -0.1) is 11.3 Å². The second-order valence-electron chi connectivity index (χ2n) is 8.00. The van der Waals surface area contributed by atoms with Crippen LogP contribution in [0.2, 0.25) is 0 Å². The second-order valence-corrected chi connectivity index (χ2v) is 9.03. The van der Waals surface area contributed by atoms with Crippen molar-refractivity contribution < 1.29 is 4.79 Å². The average Bonchev–Trinajstić information content (AvgIpc) is 3.44. The maximum atomic E-state index is 12.5. The van der Waals surface area contributed by atoms with Crippen molar-refractivity contribution in [3.63, 3.8) is 0 Å². The van der Waals surface area contributed by atoms with Gasteiger partial charge < -0.3 is 5.32 Å². The van der Waals surface area contributed by atoms with Crippen LogP contribution in [0.25, 0.3) is 20.8 Å². The van der Waals surface area contributed by atoms with E-state index in [4.69, 9.17) is 4.98 Å². The van der Waals surface area contributed by atoms with Crippen LogP contribution in [0.3, 0.4) is 0 Å². The minimum absolute atomic E-state index is 0.0161. The first-order valence-electron chi connectivity index (χ1n) is 10.5. The van der Waals surface area contributed by atoms with E-state index in [2.05, 4.69) is 45.4 Å². The molecule has 0 unspecified atom stereocenters. The minimum Gasteiger partial charge on any atom is -0.325 e. The zero-order valence-corrected chi connectivity index (χ0v) is 18.2. The van der Waals surface area contributed by atoms with Gasteiger partial charge in [-0.3, -0.25) is 9.69 Å². The Hall–Kier alpha value is -3.10. The highest BCUT2D eigenvalue weighted by Crippen LogP contribution is 2.31. The highest BCUT2D eigenvalue weighted by Gasteiger charge is 2.22. The highest BCUT2D eigenvalue weighted by atomic mass is 32.1. The van der Waals surface area contributed by atoms with E-state index in [0.29, 0.717) is 12.6 Å². The number of rotatable bonds is 5. The number of fused-ring (bicyclic) bond motifs is 1. The van der Waals surface area contributed by atoms with Gasteiger partial charge in [0.1, 0.15) is 17.7 Å². The lowest BCUT2D eigenvalue weighted by Gasteiger charge is -2.31. The van der Waals surface area contributed by atoms with Crippen LogP contribution in [-0.2, 0) is 4.79 Å². The largest absolute Gasteiger partial charge is 0.325 e. The third kappa shape index (κ3) is 4.50. The van der Waals surface area contributed by atoms with E-state index >= 15 is 0 Å². The number of hydrogen-bond donors (Lipinski definition) is 1. The third-order valence-corrected chi connectivity index (χ3v) is 6.76. The standard InChI is InChI=1S/C23H24N6OS/c1-16-2-7-20-21(12-16)31-23(27-20)17-3-5-18(6-4-17)26-22(30)13-28-10-8-19(9-11-28)29-15-24-14-25-29/h2-7,12,14-15,19H,8-11,13H2,1H3,(H,26,30). The number of aromatic nitrogens is 4. The molecule has 31 heavy (non-hydrogen) atoms. The van der Waals surface area contributed by atoms with Crippen molar-refractivity contribution in [2.75, 3.05) is 25.0 Å². The summed E-state index contributed by atoms with van der Waals surface area (Å²) in [6.45, 7) is 4.26. The summed E-state index contributed by atoms with van der Waals surface area (Å²) >= 11 is 1.69. The molecule has 0 bridgehead atoms. The molecule has 7 nitrogen and oxygen atoms in total. The van der Waals surface area contributed by atoms with E-state index in [-0.39, 0.29) is 5.91 Å². The molecule has 8 heteroatoms. The third-order valence-electron chi connectivity index (χ3n) is 5.69. The zero-order chi connectivity index (χ0) is 21.2. The molecule has 1 N–H and O–H groups in total. The van der Waals surface area contributed by atoms with Crippen LogP contribution in [0.1, 0.15) is 24.4 Å².